The molecule has 0 unspecified atom stereocenters. The van der Waals surface area contributed by atoms with Crippen LogP contribution in [0.2, 0.25) is 0 Å². The van der Waals surface area contributed by atoms with E-state index in [2.05, 4.69) is 0 Å². The first-order chi connectivity index (χ1) is 11.3. The first-order valence-corrected chi connectivity index (χ1v) is 9.45. The molecule has 2 aliphatic heterocycles. The lowest BCUT2D eigenvalue weighted by atomic mass is 9.98. The van der Waals surface area contributed by atoms with Crippen LogP contribution in [0.15, 0.2) is 0 Å². The number of likely N-dealkylation sites (tertiary alicyclic amines) is 2. The highest BCUT2D eigenvalue weighted by molar-refractivity contribution is 5.88. The Hall–Kier alpha value is -1.10. The SMILES string of the molecule is O=C([C@@H]1CCCCN1C(=O)COC1CCCCC1)N1CCCC1. The summed E-state index contributed by atoms with van der Waals surface area (Å²) in [6.45, 7) is 2.57. The summed E-state index contributed by atoms with van der Waals surface area (Å²) >= 11 is 0. The lowest BCUT2D eigenvalue weighted by molar-refractivity contribution is -0.151. The smallest absolute Gasteiger partial charge is 0.249 e. The molecule has 1 aliphatic carbocycles. The zero-order valence-electron chi connectivity index (χ0n) is 14.2. The number of piperidine rings is 1. The van der Waals surface area contributed by atoms with Crippen LogP contribution in [0.3, 0.4) is 0 Å². The van der Waals surface area contributed by atoms with Crippen molar-refractivity contribution in [3.8, 4) is 0 Å². The number of nitrogens with zero attached hydrogens (tertiary/aromatic N) is 2. The molecule has 23 heavy (non-hydrogen) atoms. The maximum Gasteiger partial charge on any atom is 0.249 e. The Bertz CT molecular complexity index is 414. The van der Waals surface area contributed by atoms with E-state index in [1.807, 2.05) is 4.90 Å². The van der Waals surface area contributed by atoms with Crippen LogP contribution in [-0.4, -0.2) is 60.0 Å². The number of amides is 2. The third-order valence-electron chi connectivity index (χ3n) is 5.52. The second kappa shape index (κ2) is 8.13. The molecule has 1 atom stereocenters. The summed E-state index contributed by atoms with van der Waals surface area (Å²) < 4.78 is 5.84. The molecule has 2 heterocycles. The fourth-order valence-corrected chi connectivity index (χ4v) is 4.14. The van der Waals surface area contributed by atoms with Crippen LogP contribution in [-0.2, 0) is 14.3 Å². The van der Waals surface area contributed by atoms with Crippen LogP contribution < -0.4 is 0 Å². The standard InChI is InChI=1S/C18H30N2O3/c21-17(14-23-15-8-2-1-3-9-15)20-13-5-4-10-16(20)18(22)19-11-6-7-12-19/h15-16H,1-14H2/t16-/m0/s1. The molecule has 0 aromatic heterocycles. The summed E-state index contributed by atoms with van der Waals surface area (Å²) in [4.78, 5) is 29.1. The summed E-state index contributed by atoms with van der Waals surface area (Å²) in [5.41, 5.74) is 0. The van der Waals surface area contributed by atoms with Gasteiger partial charge in [0.2, 0.25) is 11.8 Å². The molecule has 0 bridgehead atoms. The van der Waals surface area contributed by atoms with Gasteiger partial charge in [-0.3, -0.25) is 9.59 Å². The molecule has 3 aliphatic rings. The van der Waals surface area contributed by atoms with Gasteiger partial charge in [-0.1, -0.05) is 19.3 Å². The molecular formula is C18H30N2O3. The van der Waals surface area contributed by atoms with E-state index in [1.165, 1.54) is 19.3 Å². The molecule has 0 aromatic rings. The maximum absolute atomic E-state index is 12.7. The summed E-state index contributed by atoms with van der Waals surface area (Å²) in [6, 6.07) is -0.246. The van der Waals surface area contributed by atoms with Crippen LogP contribution in [0.4, 0.5) is 0 Å². The van der Waals surface area contributed by atoms with Crippen molar-refractivity contribution in [3.63, 3.8) is 0 Å². The van der Waals surface area contributed by atoms with Crippen LogP contribution in [0.5, 0.6) is 0 Å². The van der Waals surface area contributed by atoms with Crippen molar-refractivity contribution in [1.82, 2.24) is 9.80 Å². The minimum Gasteiger partial charge on any atom is -0.368 e. The minimum atomic E-state index is -0.246. The predicted molar refractivity (Wildman–Crippen MR) is 88.0 cm³/mol. The Kier molecular flexibility index (Phi) is 5.92. The number of hydrogen-bond acceptors (Lipinski definition) is 3. The molecule has 3 rings (SSSR count). The van der Waals surface area contributed by atoms with E-state index in [9.17, 15) is 9.59 Å². The Morgan fingerprint density at radius 2 is 1.48 bits per heavy atom. The zero-order valence-corrected chi connectivity index (χ0v) is 14.2. The van der Waals surface area contributed by atoms with E-state index < -0.39 is 0 Å². The third-order valence-corrected chi connectivity index (χ3v) is 5.52. The largest absolute Gasteiger partial charge is 0.368 e. The number of ether oxygens (including phenoxy) is 1. The average Bonchev–Trinajstić information content (AvgIpc) is 3.14. The number of rotatable bonds is 4. The van der Waals surface area contributed by atoms with Crippen LogP contribution >= 0.6 is 0 Å². The van der Waals surface area contributed by atoms with Gasteiger partial charge >= 0.3 is 0 Å². The highest BCUT2D eigenvalue weighted by Crippen LogP contribution is 2.23. The van der Waals surface area contributed by atoms with Gasteiger partial charge in [0.05, 0.1) is 6.10 Å². The van der Waals surface area contributed by atoms with Crippen molar-refractivity contribution in [3.05, 3.63) is 0 Å². The second-order valence-electron chi connectivity index (χ2n) is 7.20. The molecule has 5 heteroatoms. The normalized spacial score (nSPS) is 26.5. The molecule has 2 amide bonds. The van der Waals surface area contributed by atoms with E-state index in [0.29, 0.717) is 6.54 Å². The van der Waals surface area contributed by atoms with Gasteiger partial charge in [0.15, 0.2) is 0 Å². The predicted octanol–water partition coefficient (Wildman–Crippen LogP) is 2.34. The van der Waals surface area contributed by atoms with Gasteiger partial charge in [-0.05, 0) is 44.9 Å². The number of carbonyl (C=O) groups excluding carboxylic acids is 2. The Balaban J connectivity index is 1.54. The Morgan fingerprint density at radius 3 is 2.22 bits per heavy atom. The zero-order chi connectivity index (χ0) is 16.1. The lowest BCUT2D eigenvalue weighted by Crippen LogP contribution is -2.53. The molecular weight excluding hydrogens is 292 g/mol. The van der Waals surface area contributed by atoms with Gasteiger partial charge in [0.1, 0.15) is 12.6 Å². The van der Waals surface area contributed by atoms with Crippen LogP contribution in [0, 0.1) is 0 Å². The molecule has 0 N–H and O–H groups in total. The first-order valence-electron chi connectivity index (χ1n) is 9.45. The van der Waals surface area contributed by atoms with Crippen molar-refractivity contribution >= 4 is 11.8 Å². The molecule has 0 aromatic carbocycles. The Labute approximate surface area is 139 Å². The molecule has 2 saturated heterocycles. The first kappa shape index (κ1) is 16.7. The number of hydrogen-bond donors (Lipinski definition) is 0. The summed E-state index contributed by atoms with van der Waals surface area (Å²) in [5.74, 6) is 0.168. The van der Waals surface area contributed by atoms with Crippen molar-refractivity contribution < 1.29 is 14.3 Å². The molecule has 130 valence electrons. The highest BCUT2D eigenvalue weighted by atomic mass is 16.5. The molecule has 0 spiro atoms. The van der Waals surface area contributed by atoms with Crippen molar-refractivity contribution in [2.75, 3.05) is 26.2 Å². The molecule has 3 fully saturated rings. The quantitative estimate of drug-likeness (QED) is 0.798. The summed E-state index contributed by atoms with van der Waals surface area (Å²) in [6.07, 6.45) is 11.1. The maximum atomic E-state index is 12.7. The number of carbonyl (C=O) groups is 2. The van der Waals surface area contributed by atoms with Gasteiger partial charge in [-0.15, -0.1) is 0 Å². The van der Waals surface area contributed by atoms with Gasteiger partial charge in [0.25, 0.3) is 0 Å². The van der Waals surface area contributed by atoms with E-state index in [0.717, 1.165) is 58.0 Å². The van der Waals surface area contributed by atoms with Gasteiger partial charge in [0, 0.05) is 19.6 Å². The van der Waals surface area contributed by atoms with Gasteiger partial charge in [-0.2, -0.15) is 0 Å². The minimum absolute atomic E-state index is 0.00724. The fourth-order valence-electron chi connectivity index (χ4n) is 4.14. The topological polar surface area (TPSA) is 49.9 Å². The van der Waals surface area contributed by atoms with Crippen molar-refractivity contribution in [2.24, 2.45) is 0 Å². The molecule has 0 radical (unpaired) electrons. The summed E-state index contributed by atoms with van der Waals surface area (Å²) in [5, 5.41) is 0. The van der Waals surface area contributed by atoms with Crippen LogP contribution in [0.25, 0.3) is 0 Å². The van der Waals surface area contributed by atoms with E-state index in [1.54, 1.807) is 4.90 Å². The van der Waals surface area contributed by atoms with Crippen LogP contribution in [0.1, 0.15) is 64.2 Å². The molecule has 1 saturated carbocycles. The van der Waals surface area contributed by atoms with E-state index >= 15 is 0 Å². The second-order valence-corrected chi connectivity index (χ2v) is 7.20. The lowest BCUT2D eigenvalue weighted by Gasteiger charge is -2.37. The Morgan fingerprint density at radius 1 is 0.826 bits per heavy atom. The van der Waals surface area contributed by atoms with E-state index in [-0.39, 0.29) is 30.6 Å². The molecule has 5 nitrogen and oxygen atoms in total. The monoisotopic (exact) mass is 322 g/mol. The van der Waals surface area contributed by atoms with Crippen molar-refractivity contribution in [1.29, 1.82) is 0 Å². The van der Waals surface area contributed by atoms with E-state index in [4.69, 9.17) is 4.74 Å². The average molecular weight is 322 g/mol. The fraction of sp³-hybridized carbons (Fsp3) is 0.889. The highest BCUT2D eigenvalue weighted by Gasteiger charge is 2.35. The summed E-state index contributed by atoms with van der Waals surface area (Å²) in [7, 11) is 0. The third kappa shape index (κ3) is 4.25. The van der Waals surface area contributed by atoms with Crippen molar-refractivity contribution in [2.45, 2.75) is 76.4 Å². The van der Waals surface area contributed by atoms with Gasteiger partial charge < -0.3 is 14.5 Å². The van der Waals surface area contributed by atoms with Gasteiger partial charge in [-0.25, -0.2) is 0 Å².